The number of nitrogens with zero attached hydrogens (tertiary/aromatic N) is 2. The van der Waals surface area contributed by atoms with Gasteiger partial charge in [0.25, 0.3) is 0 Å². The first-order chi connectivity index (χ1) is 26.3. The van der Waals surface area contributed by atoms with Gasteiger partial charge in [-0.25, -0.2) is 4.98 Å². The molecule has 0 amide bonds. The fraction of sp³-hybridized carbons (Fsp3) is 0.157. The Hall–Kier alpha value is -6.19. The van der Waals surface area contributed by atoms with Gasteiger partial charge in [0.15, 0.2) is 5.58 Å². The molecule has 0 atom stereocenters. The summed E-state index contributed by atoms with van der Waals surface area (Å²) in [6.07, 6.45) is 11.1. The van der Waals surface area contributed by atoms with E-state index in [9.17, 15) is 0 Å². The predicted octanol–water partition coefficient (Wildman–Crippen LogP) is 14.6. The molecule has 1 aromatic heterocycles. The van der Waals surface area contributed by atoms with Crippen LogP contribution in [0.5, 0.6) is 0 Å². The lowest BCUT2D eigenvalue weighted by Crippen LogP contribution is -2.16. The van der Waals surface area contributed by atoms with Gasteiger partial charge in [0.1, 0.15) is 5.52 Å². The lowest BCUT2D eigenvalue weighted by molar-refractivity contribution is 0.589. The van der Waals surface area contributed by atoms with Crippen molar-refractivity contribution in [2.24, 2.45) is 0 Å². The molecule has 0 N–H and O–H groups in total. The molecule has 3 heteroatoms. The Balaban J connectivity index is 1.13. The Labute approximate surface area is 319 Å². The molecule has 0 aliphatic heterocycles. The highest BCUT2D eigenvalue weighted by atomic mass is 16.3. The van der Waals surface area contributed by atoms with E-state index >= 15 is 0 Å². The SMILES string of the molecule is C/C=C(/C)c1cc(C(C)(C)C)cc2nc(-c3ccc(-c4ccccc4-c4ccccc4-c4ccc(N(C5=CCCC=C5)c5ccccc5)cc4)cc3)oc12. The molecule has 1 aliphatic carbocycles. The normalized spacial score (nSPS) is 13.3. The number of rotatable bonds is 8. The number of hydrogen-bond acceptors (Lipinski definition) is 3. The van der Waals surface area contributed by atoms with E-state index in [1.165, 1.54) is 44.7 Å². The number of para-hydroxylation sites is 1. The van der Waals surface area contributed by atoms with Gasteiger partial charge in [-0.05, 0) is 131 Å². The highest BCUT2D eigenvalue weighted by molar-refractivity contribution is 5.93. The van der Waals surface area contributed by atoms with Crippen molar-refractivity contribution in [1.82, 2.24) is 4.98 Å². The minimum Gasteiger partial charge on any atom is -0.435 e. The van der Waals surface area contributed by atoms with Crippen molar-refractivity contribution in [3.63, 3.8) is 0 Å². The summed E-state index contributed by atoms with van der Waals surface area (Å²) in [4.78, 5) is 7.35. The van der Waals surface area contributed by atoms with E-state index in [2.05, 4.69) is 203 Å². The van der Waals surface area contributed by atoms with Gasteiger partial charge >= 0.3 is 0 Å². The van der Waals surface area contributed by atoms with E-state index in [1.807, 2.05) is 0 Å². The van der Waals surface area contributed by atoms with Crippen LogP contribution < -0.4 is 4.90 Å². The molecule has 0 unspecified atom stereocenters. The van der Waals surface area contributed by atoms with Gasteiger partial charge in [-0.3, -0.25) is 0 Å². The standard InChI is InChI=1S/C51H46N2O/c1-6-35(2)47-33-39(51(3,4)5)34-48-49(47)54-50(52-48)38-27-25-36(26-28-38)43-21-13-15-23-45(43)46-24-16-14-22-44(46)37-29-31-42(32-30-37)53(40-17-9-7-10-18-40)41-19-11-8-12-20-41/h6-7,9-11,13-34H,8,12H2,1-5H3/b35-6-. The molecule has 3 nitrogen and oxygen atoms in total. The Morgan fingerprint density at radius 3 is 1.78 bits per heavy atom. The number of anilines is 2. The second-order valence-corrected chi connectivity index (χ2v) is 15.1. The fourth-order valence-corrected chi connectivity index (χ4v) is 7.35. The molecule has 0 spiro atoms. The molecule has 8 rings (SSSR count). The zero-order chi connectivity index (χ0) is 37.2. The lowest BCUT2D eigenvalue weighted by atomic mass is 9.85. The third kappa shape index (κ3) is 6.86. The third-order valence-corrected chi connectivity index (χ3v) is 10.5. The van der Waals surface area contributed by atoms with Crippen LogP contribution in [-0.4, -0.2) is 4.98 Å². The molecular weight excluding hydrogens is 657 g/mol. The van der Waals surface area contributed by atoms with Crippen molar-refractivity contribution in [2.45, 2.75) is 52.9 Å². The summed E-state index contributed by atoms with van der Waals surface area (Å²) >= 11 is 0. The number of oxazole rings is 1. The van der Waals surface area contributed by atoms with Crippen LogP contribution in [0, 0.1) is 0 Å². The molecular formula is C51H46N2O. The van der Waals surface area contributed by atoms with Gasteiger partial charge < -0.3 is 9.32 Å². The topological polar surface area (TPSA) is 29.3 Å². The minimum absolute atomic E-state index is 0.00111. The van der Waals surface area contributed by atoms with Gasteiger partial charge in [0.05, 0.1) is 0 Å². The molecule has 1 heterocycles. The van der Waals surface area contributed by atoms with Crippen LogP contribution in [0.25, 0.3) is 61.5 Å². The van der Waals surface area contributed by atoms with E-state index in [-0.39, 0.29) is 5.41 Å². The number of aromatic nitrogens is 1. The highest BCUT2D eigenvalue weighted by Crippen LogP contribution is 2.41. The zero-order valence-corrected chi connectivity index (χ0v) is 31.8. The molecule has 54 heavy (non-hydrogen) atoms. The van der Waals surface area contributed by atoms with E-state index in [4.69, 9.17) is 9.40 Å². The Kier molecular flexibility index (Phi) is 9.48. The first-order valence-electron chi connectivity index (χ1n) is 19.0. The Morgan fingerprint density at radius 2 is 1.20 bits per heavy atom. The number of hydrogen-bond donors (Lipinski definition) is 0. The molecule has 1 aliphatic rings. The summed E-state index contributed by atoms with van der Waals surface area (Å²) in [5.41, 5.74) is 16.8. The lowest BCUT2D eigenvalue weighted by Gasteiger charge is -2.27. The first-order valence-corrected chi connectivity index (χ1v) is 19.0. The maximum atomic E-state index is 6.50. The van der Waals surface area contributed by atoms with Crippen molar-refractivity contribution in [3.8, 4) is 44.8 Å². The van der Waals surface area contributed by atoms with E-state index < -0.39 is 0 Å². The van der Waals surface area contributed by atoms with Crippen molar-refractivity contribution in [1.29, 1.82) is 0 Å². The smallest absolute Gasteiger partial charge is 0.227 e. The van der Waals surface area contributed by atoms with Crippen molar-refractivity contribution < 1.29 is 4.42 Å². The van der Waals surface area contributed by atoms with Crippen molar-refractivity contribution >= 4 is 28.0 Å². The van der Waals surface area contributed by atoms with Gasteiger partial charge in [-0.1, -0.05) is 130 Å². The van der Waals surface area contributed by atoms with Crippen LogP contribution in [0.3, 0.4) is 0 Å². The van der Waals surface area contributed by atoms with Crippen molar-refractivity contribution in [3.05, 3.63) is 181 Å². The predicted molar refractivity (Wildman–Crippen MR) is 229 cm³/mol. The van der Waals surface area contributed by atoms with Gasteiger partial charge in [-0.15, -0.1) is 0 Å². The highest BCUT2D eigenvalue weighted by Gasteiger charge is 2.21. The molecule has 0 fully saturated rings. The summed E-state index contributed by atoms with van der Waals surface area (Å²) in [6.45, 7) is 10.9. The van der Waals surface area contributed by atoms with E-state index in [1.54, 1.807) is 0 Å². The van der Waals surface area contributed by atoms with Crippen LogP contribution >= 0.6 is 0 Å². The van der Waals surface area contributed by atoms with Crippen LogP contribution in [0.15, 0.2) is 174 Å². The van der Waals surface area contributed by atoms with Gasteiger partial charge in [0.2, 0.25) is 5.89 Å². The molecule has 6 aromatic carbocycles. The second kappa shape index (κ2) is 14.7. The summed E-state index contributed by atoms with van der Waals surface area (Å²) in [7, 11) is 0. The average Bonchev–Trinajstić information content (AvgIpc) is 3.66. The molecule has 7 aromatic rings. The Morgan fingerprint density at radius 1 is 0.648 bits per heavy atom. The summed E-state index contributed by atoms with van der Waals surface area (Å²) in [5.74, 6) is 0.636. The molecule has 266 valence electrons. The second-order valence-electron chi connectivity index (χ2n) is 15.1. The number of fused-ring (bicyclic) bond motifs is 1. The third-order valence-electron chi connectivity index (χ3n) is 10.5. The van der Waals surface area contributed by atoms with Crippen LogP contribution in [0.4, 0.5) is 11.4 Å². The zero-order valence-electron chi connectivity index (χ0n) is 31.8. The first kappa shape index (κ1) is 34.9. The minimum atomic E-state index is 0.00111. The van der Waals surface area contributed by atoms with Crippen LogP contribution in [-0.2, 0) is 5.41 Å². The average molecular weight is 703 g/mol. The number of benzene rings is 6. The Bertz CT molecular complexity index is 2520. The maximum Gasteiger partial charge on any atom is 0.227 e. The fourth-order valence-electron chi connectivity index (χ4n) is 7.35. The monoisotopic (exact) mass is 702 g/mol. The van der Waals surface area contributed by atoms with Crippen LogP contribution in [0.1, 0.15) is 58.6 Å². The molecule has 0 saturated carbocycles. The largest absolute Gasteiger partial charge is 0.435 e. The number of allylic oxidation sites excluding steroid dienone is 5. The van der Waals surface area contributed by atoms with Crippen LogP contribution in [0.2, 0.25) is 0 Å². The summed E-state index contributed by atoms with van der Waals surface area (Å²) in [6, 6.07) is 50.1. The molecule has 0 bridgehead atoms. The van der Waals surface area contributed by atoms with Crippen molar-refractivity contribution in [2.75, 3.05) is 4.90 Å². The summed E-state index contributed by atoms with van der Waals surface area (Å²) < 4.78 is 6.50. The van der Waals surface area contributed by atoms with Gasteiger partial charge in [0, 0.05) is 28.2 Å². The maximum absolute atomic E-state index is 6.50. The molecule has 0 saturated heterocycles. The van der Waals surface area contributed by atoms with Gasteiger partial charge in [-0.2, -0.15) is 0 Å². The quantitative estimate of drug-likeness (QED) is 0.158. The molecule has 0 radical (unpaired) electrons. The van der Waals surface area contributed by atoms with E-state index in [0.717, 1.165) is 52.0 Å². The van der Waals surface area contributed by atoms with E-state index in [0.29, 0.717) is 5.89 Å². The summed E-state index contributed by atoms with van der Waals surface area (Å²) in [5, 5.41) is 0.